The third-order valence-corrected chi connectivity index (χ3v) is 4.95. The standard InChI is InChI=1S/C14H14N2O4S2/c1-3-6-21-14-15-10(13(17)22-14)7-9-4-5-12(20-2)11(8-9)16(18)19/h4-5,7-8H,3,6H2,1-2H3/b10-7+. The van der Waals surface area contributed by atoms with Gasteiger partial charge >= 0.3 is 5.69 Å². The van der Waals surface area contributed by atoms with E-state index in [9.17, 15) is 14.9 Å². The van der Waals surface area contributed by atoms with Crippen LogP contribution in [0.3, 0.4) is 0 Å². The number of nitro groups is 1. The maximum Gasteiger partial charge on any atom is 0.311 e. The third-order valence-electron chi connectivity index (χ3n) is 2.73. The number of ether oxygens (including phenoxy) is 1. The van der Waals surface area contributed by atoms with E-state index in [1.54, 1.807) is 12.1 Å². The molecule has 0 bridgehead atoms. The number of thioether (sulfide) groups is 2. The van der Waals surface area contributed by atoms with Crippen molar-refractivity contribution in [3.05, 3.63) is 39.6 Å². The fourth-order valence-corrected chi connectivity index (χ4v) is 3.50. The van der Waals surface area contributed by atoms with Crippen molar-refractivity contribution >= 4 is 44.8 Å². The van der Waals surface area contributed by atoms with Gasteiger partial charge in [0.2, 0.25) is 5.12 Å². The van der Waals surface area contributed by atoms with Crippen LogP contribution in [-0.2, 0) is 4.79 Å². The summed E-state index contributed by atoms with van der Waals surface area (Å²) in [6, 6.07) is 4.54. The second-order valence-corrected chi connectivity index (χ2v) is 6.64. The van der Waals surface area contributed by atoms with Crippen LogP contribution in [-0.4, -0.2) is 27.3 Å². The highest BCUT2D eigenvalue weighted by atomic mass is 32.2. The Morgan fingerprint density at radius 3 is 2.91 bits per heavy atom. The molecule has 0 saturated carbocycles. The summed E-state index contributed by atoms with van der Waals surface area (Å²) in [6.45, 7) is 2.06. The Morgan fingerprint density at radius 1 is 1.50 bits per heavy atom. The van der Waals surface area contributed by atoms with E-state index in [0.717, 1.165) is 28.3 Å². The van der Waals surface area contributed by atoms with E-state index >= 15 is 0 Å². The first-order valence-corrected chi connectivity index (χ1v) is 8.33. The van der Waals surface area contributed by atoms with Crippen molar-refractivity contribution in [1.29, 1.82) is 0 Å². The molecule has 1 aromatic carbocycles. The average Bonchev–Trinajstić information content (AvgIpc) is 2.85. The Balaban J connectivity index is 2.29. The largest absolute Gasteiger partial charge is 0.490 e. The van der Waals surface area contributed by atoms with E-state index in [1.807, 2.05) is 0 Å². The van der Waals surface area contributed by atoms with Crippen molar-refractivity contribution in [2.45, 2.75) is 13.3 Å². The minimum atomic E-state index is -0.516. The summed E-state index contributed by atoms with van der Waals surface area (Å²) in [5.74, 6) is 1.09. The zero-order chi connectivity index (χ0) is 16.1. The molecule has 6 nitrogen and oxygen atoms in total. The van der Waals surface area contributed by atoms with Crippen molar-refractivity contribution in [3.63, 3.8) is 0 Å². The van der Waals surface area contributed by atoms with Gasteiger partial charge in [-0.2, -0.15) is 0 Å². The Bertz CT molecular complexity index is 671. The van der Waals surface area contributed by atoms with Crippen molar-refractivity contribution in [3.8, 4) is 5.75 Å². The van der Waals surface area contributed by atoms with Crippen LogP contribution in [0.5, 0.6) is 5.75 Å². The van der Waals surface area contributed by atoms with Crippen molar-refractivity contribution in [2.75, 3.05) is 12.9 Å². The number of methoxy groups -OCH3 is 1. The Kier molecular flexibility index (Phi) is 5.62. The molecular weight excluding hydrogens is 324 g/mol. The summed E-state index contributed by atoms with van der Waals surface area (Å²) in [4.78, 5) is 26.7. The topological polar surface area (TPSA) is 81.8 Å². The molecular formula is C14H14N2O4S2. The van der Waals surface area contributed by atoms with Crippen LogP contribution < -0.4 is 4.74 Å². The predicted molar refractivity (Wildman–Crippen MR) is 90.4 cm³/mol. The van der Waals surface area contributed by atoms with E-state index in [4.69, 9.17) is 4.74 Å². The van der Waals surface area contributed by atoms with Gasteiger partial charge in [-0.1, -0.05) is 24.8 Å². The highest BCUT2D eigenvalue weighted by Crippen LogP contribution is 2.33. The number of aliphatic imine (C=N–C) groups is 1. The number of hydrogen-bond donors (Lipinski definition) is 0. The minimum Gasteiger partial charge on any atom is -0.490 e. The summed E-state index contributed by atoms with van der Waals surface area (Å²) < 4.78 is 5.67. The van der Waals surface area contributed by atoms with Gasteiger partial charge in [-0.3, -0.25) is 14.9 Å². The zero-order valence-electron chi connectivity index (χ0n) is 12.1. The second kappa shape index (κ2) is 7.46. The minimum absolute atomic E-state index is 0.139. The molecule has 0 unspecified atom stereocenters. The monoisotopic (exact) mass is 338 g/mol. The fourth-order valence-electron chi connectivity index (χ4n) is 1.74. The number of nitro benzene ring substituents is 1. The molecule has 22 heavy (non-hydrogen) atoms. The first-order valence-electron chi connectivity index (χ1n) is 6.53. The molecule has 0 atom stereocenters. The fraction of sp³-hybridized carbons (Fsp3) is 0.286. The molecule has 116 valence electrons. The lowest BCUT2D eigenvalue weighted by Crippen LogP contribution is -1.94. The summed E-state index contributed by atoms with van der Waals surface area (Å²) in [6.07, 6.45) is 2.56. The van der Waals surface area contributed by atoms with Crippen molar-refractivity contribution in [1.82, 2.24) is 0 Å². The van der Waals surface area contributed by atoms with Crippen molar-refractivity contribution in [2.24, 2.45) is 4.99 Å². The van der Waals surface area contributed by atoms with E-state index < -0.39 is 4.92 Å². The normalized spacial score (nSPS) is 16.0. The third kappa shape index (κ3) is 3.89. The van der Waals surface area contributed by atoms with Gasteiger partial charge in [-0.05, 0) is 41.6 Å². The van der Waals surface area contributed by atoms with Crippen LogP contribution in [0.15, 0.2) is 28.9 Å². The molecule has 1 aliphatic rings. The molecule has 1 aromatic rings. The van der Waals surface area contributed by atoms with Gasteiger partial charge in [-0.15, -0.1) is 0 Å². The van der Waals surface area contributed by atoms with Crippen LogP contribution in [0.1, 0.15) is 18.9 Å². The van der Waals surface area contributed by atoms with E-state index in [-0.39, 0.29) is 16.6 Å². The molecule has 0 fully saturated rings. The lowest BCUT2D eigenvalue weighted by molar-refractivity contribution is -0.385. The molecule has 0 spiro atoms. The molecule has 0 saturated heterocycles. The average molecular weight is 338 g/mol. The first kappa shape index (κ1) is 16.6. The molecule has 1 aliphatic heterocycles. The second-order valence-electron chi connectivity index (χ2n) is 4.33. The molecule has 1 heterocycles. The van der Waals surface area contributed by atoms with E-state index in [0.29, 0.717) is 11.3 Å². The Labute approximate surface area is 136 Å². The van der Waals surface area contributed by atoms with Gasteiger partial charge in [0.15, 0.2) is 5.75 Å². The molecule has 0 aliphatic carbocycles. The molecule has 0 amide bonds. The summed E-state index contributed by atoms with van der Waals surface area (Å²) in [7, 11) is 1.37. The van der Waals surface area contributed by atoms with Gasteiger partial charge < -0.3 is 4.74 Å². The van der Waals surface area contributed by atoms with Gasteiger partial charge in [0.05, 0.1) is 12.0 Å². The predicted octanol–water partition coefficient (Wildman–Crippen LogP) is 3.72. The smallest absolute Gasteiger partial charge is 0.311 e. The highest BCUT2D eigenvalue weighted by molar-refractivity contribution is 8.45. The summed E-state index contributed by atoms with van der Waals surface area (Å²) in [5.41, 5.74) is 0.713. The summed E-state index contributed by atoms with van der Waals surface area (Å²) in [5, 5.41) is 10.9. The van der Waals surface area contributed by atoms with E-state index in [1.165, 1.54) is 31.0 Å². The lowest BCUT2D eigenvalue weighted by atomic mass is 10.1. The molecule has 8 heteroatoms. The first-order chi connectivity index (χ1) is 10.5. The summed E-state index contributed by atoms with van der Waals surface area (Å²) >= 11 is 2.64. The molecule has 0 aromatic heterocycles. The number of carbonyl (C=O) groups is 1. The molecule has 2 rings (SSSR count). The number of rotatable bonds is 5. The maximum absolute atomic E-state index is 11.9. The van der Waals surface area contributed by atoms with E-state index in [2.05, 4.69) is 11.9 Å². The van der Waals surface area contributed by atoms with Gasteiger partial charge in [-0.25, -0.2) is 4.99 Å². The highest BCUT2D eigenvalue weighted by Gasteiger charge is 2.23. The lowest BCUT2D eigenvalue weighted by Gasteiger charge is -2.02. The van der Waals surface area contributed by atoms with Gasteiger partial charge in [0, 0.05) is 6.07 Å². The zero-order valence-corrected chi connectivity index (χ0v) is 13.7. The Morgan fingerprint density at radius 2 is 2.27 bits per heavy atom. The SMILES string of the molecule is CCCSC1=N/C(=C/c2ccc(OC)c([N+](=O)[O-])c2)C(=O)S1. The molecule has 0 radical (unpaired) electrons. The van der Waals surface area contributed by atoms with Crippen LogP contribution in [0.25, 0.3) is 6.08 Å². The van der Waals surface area contributed by atoms with Gasteiger partial charge in [0.25, 0.3) is 0 Å². The number of carbonyl (C=O) groups excluding carboxylic acids is 1. The van der Waals surface area contributed by atoms with Crippen molar-refractivity contribution < 1.29 is 14.5 Å². The maximum atomic E-state index is 11.9. The van der Waals surface area contributed by atoms with Crippen LogP contribution >= 0.6 is 23.5 Å². The Hall–Kier alpha value is -1.80. The number of nitrogens with zero attached hydrogens (tertiary/aromatic N) is 2. The molecule has 0 N–H and O–H groups in total. The van der Waals surface area contributed by atoms with Crippen LogP contribution in [0.4, 0.5) is 5.69 Å². The number of benzene rings is 1. The number of hydrogen-bond acceptors (Lipinski definition) is 7. The van der Waals surface area contributed by atoms with Gasteiger partial charge in [0.1, 0.15) is 10.1 Å². The van der Waals surface area contributed by atoms with Crippen LogP contribution in [0, 0.1) is 10.1 Å². The quantitative estimate of drug-likeness (QED) is 0.462. The van der Waals surface area contributed by atoms with Crippen LogP contribution in [0.2, 0.25) is 0 Å².